The van der Waals surface area contributed by atoms with Crippen LogP contribution in [0.5, 0.6) is 11.5 Å². The number of ether oxygens (including phenoxy) is 2. The van der Waals surface area contributed by atoms with Crippen molar-refractivity contribution in [3.63, 3.8) is 0 Å². The Balaban J connectivity index is 1.90. The minimum absolute atomic E-state index is 0.157. The van der Waals surface area contributed by atoms with E-state index in [1.54, 1.807) is 0 Å². The zero-order valence-electron chi connectivity index (χ0n) is 14.6. The smallest absolute Gasteiger partial charge is 0.231 e. The Morgan fingerprint density at radius 2 is 1.67 bits per heavy atom. The Morgan fingerprint density at radius 3 is 2.46 bits per heavy atom. The molecule has 0 radical (unpaired) electrons. The topological polar surface area (TPSA) is 31.4 Å². The number of nitrogens with zero attached hydrogens (tertiary/aromatic N) is 1. The molecule has 0 unspecified atom stereocenters. The lowest BCUT2D eigenvalue weighted by Gasteiger charge is -2.22. The van der Waals surface area contributed by atoms with Gasteiger partial charge in [-0.3, -0.25) is 4.98 Å². The maximum Gasteiger partial charge on any atom is 0.231 e. The van der Waals surface area contributed by atoms with E-state index >= 15 is 0 Å². The zero-order valence-corrected chi connectivity index (χ0v) is 14.6. The first-order chi connectivity index (χ1) is 11.4. The number of hydrogen-bond acceptors (Lipinski definition) is 3. The first-order valence-electron chi connectivity index (χ1n) is 8.53. The second-order valence-corrected chi connectivity index (χ2v) is 8.38. The molecule has 2 heterocycles. The highest BCUT2D eigenvalue weighted by Crippen LogP contribution is 2.52. The summed E-state index contributed by atoms with van der Waals surface area (Å²) in [5.74, 6) is 1.64. The van der Waals surface area contributed by atoms with Gasteiger partial charge in [0.15, 0.2) is 11.5 Å². The SMILES string of the molecule is CC1(C)CC(C)(C)c2c1cnc1c2ccc2cc3c(cc21)OCO3. The Labute approximate surface area is 141 Å². The number of fused-ring (bicyclic) bond motifs is 6. The molecule has 3 heteroatoms. The maximum absolute atomic E-state index is 5.57. The van der Waals surface area contributed by atoms with Crippen molar-refractivity contribution in [2.45, 2.75) is 44.9 Å². The van der Waals surface area contributed by atoms with Gasteiger partial charge in [0, 0.05) is 17.0 Å². The van der Waals surface area contributed by atoms with Gasteiger partial charge in [-0.25, -0.2) is 0 Å². The van der Waals surface area contributed by atoms with Gasteiger partial charge in [-0.2, -0.15) is 0 Å². The predicted octanol–water partition coefficient (Wildman–Crippen LogP) is 5.08. The van der Waals surface area contributed by atoms with Gasteiger partial charge in [0.1, 0.15) is 0 Å². The van der Waals surface area contributed by atoms with Gasteiger partial charge in [0.05, 0.1) is 5.52 Å². The van der Waals surface area contributed by atoms with Gasteiger partial charge in [-0.1, -0.05) is 39.8 Å². The van der Waals surface area contributed by atoms with Gasteiger partial charge < -0.3 is 9.47 Å². The standard InChI is InChI=1S/C21H21NO2/c1-20(2)10-21(3,4)18-13-6-5-12-7-16-17(24-11-23-16)8-14(12)19(13)22-9-15(18)20/h5-9H,10-11H2,1-4H3. The molecule has 24 heavy (non-hydrogen) atoms. The molecule has 1 aromatic heterocycles. The normalized spacial score (nSPS) is 19.8. The summed E-state index contributed by atoms with van der Waals surface area (Å²) < 4.78 is 11.1. The van der Waals surface area contributed by atoms with Crippen LogP contribution in [0.15, 0.2) is 30.5 Å². The summed E-state index contributed by atoms with van der Waals surface area (Å²) in [6.07, 6.45) is 3.24. The van der Waals surface area contributed by atoms with Crippen LogP contribution in [0.2, 0.25) is 0 Å². The third-order valence-electron chi connectivity index (χ3n) is 5.64. The average Bonchev–Trinajstić information content (AvgIpc) is 3.04. The van der Waals surface area contributed by atoms with Gasteiger partial charge >= 0.3 is 0 Å². The highest BCUT2D eigenvalue weighted by Gasteiger charge is 2.43. The summed E-state index contributed by atoms with van der Waals surface area (Å²) in [4.78, 5) is 4.87. The Morgan fingerprint density at radius 1 is 0.917 bits per heavy atom. The molecule has 1 aliphatic carbocycles. The third-order valence-corrected chi connectivity index (χ3v) is 5.64. The van der Waals surface area contributed by atoms with Crippen molar-refractivity contribution in [3.05, 3.63) is 41.6 Å². The molecule has 2 aliphatic rings. The molecule has 0 atom stereocenters. The fourth-order valence-corrected chi connectivity index (χ4v) is 4.91. The Kier molecular flexibility index (Phi) is 2.47. The minimum atomic E-state index is 0.157. The highest BCUT2D eigenvalue weighted by atomic mass is 16.7. The molecule has 3 aromatic rings. The fourth-order valence-electron chi connectivity index (χ4n) is 4.91. The summed E-state index contributed by atoms with van der Waals surface area (Å²) in [7, 11) is 0. The van der Waals surface area contributed by atoms with Crippen molar-refractivity contribution in [2.24, 2.45) is 0 Å². The summed E-state index contributed by atoms with van der Waals surface area (Å²) in [6.45, 7) is 9.65. The van der Waals surface area contributed by atoms with E-state index in [1.165, 1.54) is 16.5 Å². The van der Waals surface area contributed by atoms with Crippen LogP contribution in [0.25, 0.3) is 21.7 Å². The minimum Gasteiger partial charge on any atom is -0.454 e. The second-order valence-electron chi connectivity index (χ2n) is 8.38. The monoisotopic (exact) mass is 319 g/mol. The summed E-state index contributed by atoms with van der Waals surface area (Å²) in [6, 6.07) is 8.55. The van der Waals surface area contributed by atoms with E-state index in [0.717, 1.165) is 34.2 Å². The molecule has 122 valence electrons. The van der Waals surface area contributed by atoms with Crippen LogP contribution in [0.3, 0.4) is 0 Å². The van der Waals surface area contributed by atoms with E-state index in [4.69, 9.17) is 14.5 Å². The van der Waals surface area contributed by atoms with Gasteiger partial charge in [0.25, 0.3) is 0 Å². The number of rotatable bonds is 0. The molecule has 0 saturated carbocycles. The van der Waals surface area contributed by atoms with E-state index < -0.39 is 0 Å². The van der Waals surface area contributed by atoms with Crippen LogP contribution in [0.4, 0.5) is 0 Å². The van der Waals surface area contributed by atoms with E-state index in [1.807, 2.05) is 0 Å². The van der Waals surface area contributed by atoms with Crippen molar-refractivity contribution in [2.75, 3.05) is 6.79 Å². The van der Waals surface area contributed by atoms with E-state index in [0.29, 0.717) is 6.79 Å². The molecule has 0 bridgehead atoms. The summed E-state index contributed by atoms with van der Waals surface area (Å²) in [5.41, 5.74) is 4.24. The van der Waals surface area contributed by atoms with Crippen molar-refractivity contribution in [1.82, 2.24) is 4.98 Å². The number of hydrogen-bond donors (Lipinski definition) is 0. The molecule has 5 rings (SSSR count). The lowest BCUT2D eigenvalue weighted by Crippen LogP contribution is -2.18. The molecule has 0 amide bonds. The van der Waals surface area contributed by atoms with Crippen LogP contribution in [0.1, 0.15) is 45.2 Å². The lowest BCUT2D eigenvalue weighted by atomic mass is 9.81. The highest BCUT2D eigenvalue weighted by molar-refractivity contribution is 6.08. The van der Waals surface area contributed by atoms with Crippen molar-refractivity contribution in [3.8, 4) is 11.5 Å². The first kappa shape index (κ1) is 14.1. The quantitative estimate of drug-likeness (QED) is 0.542. The molecule has 0 N–H and O–H groups in total. The van der Waals surface area contributed by atoms with Crippen molar-refractivity contribution < 1.29 is 9.47 Å². The molecule has 1 aliphatic heterocycles. The first-order valence-corrected chi connectivity index (χ1v) is 8.53. The lowest BCUT2D eigenvalue weighted by molar-refractivity contribution is 0.174. The molecular formula is C21H21NO2. The van der Waals surface area contributed by atoms with E-state index in [9.17, 15) is 0 Å². The number of pyridine rings is 1. The molecular weight excluding hydrogens is 298 g/mol. The molecule has 0 saturated heterocycles. The summed E-state index contributed by atoms with van der Waals surface area (Å²) >= 11 is 0. The largest absolute Gasteiger partial charge is 0.454 e. The van der Waals surface area contributed by atoms with Gasteiger partial charge in [-0.15, -0.1) is 0 Å². The van der Waals surface area contributed by atoms with Crippen molar-refractivity contribution in [1.29, 1.82) is 0 Å². The Hall–Kier alpha value is -2.29. The second kappa shape index (κ2) is 4.21. The Bertz CT molecular complexity index is 1020. The number of aromatic nitrogens is 1. The number of benzene rings is 2. The van der Waals surface area contributed by atoms with E-state index in [2.05, 4.69) is 58.2 Å². The molecule has 3 nitrogen and oxygen atoms in total. The third kappa shape index (κ3) is 1.70. The van der Waals surface area contributed by atoms with Crippen LogP contribution in [0, 0.1) is 0 Å². The zero-order chi connectivity index (χ0) is 16.7. The molecule has 0 spiro atoms. The van der Waals surface area contributed by atoms with Crippen LogP contribution < -0.4 is 9.47 Å². The predicted molar refractivity (Wildman–Crippen MR) is 96.0 cm³/mol. The summed E-state index contributed by atoms with van der Waals surface area (Å²) in [5, 5.41) is 3.56. The van der Waals surface area contributed by atoms with E-state index in [-0.39, 0.29) is 10.8 Å². The fraction of sp³-hybridized carbons (Fsp3) is 0.381. The van der Waals surface area contributed by atoms with Crippen LogP contribution in [-0.2, 0) is 10.8 Å². The van der Waals surface area contributed by atoms with Crippen LogP contribution in [-0.4, -0.2) is 11.8 Å². The van der Waals surface area contributed by atoms with Gasteiger partial charge in [-0.05, 0) is 45.9 Å². The maximum atomic E-state index is 5.57. The van der Waals surface area contributed by atoms with Gasteiger partial charge in [0.2, 0.25) is 6.79 Å². The average molecular weight is 319 g/mol. The van der Waals surface area contributed by atoms with Crippen LogP contribution >= 0.6 is 0 Å². The molecule has 2 aromatic carbocycles. The van der Waals surface area contributed by atoms with Crippen molar-refractivity contribution >= 4 is 21.7 Å². The molecule has 0 fully saturated rings.